The molecule has 3 N–H and O–H groups in total. The summed E-state index contributed by atoms with van der Waals surface area (Å²) in [5, 5.41) is 0. The van der Waals surface area contributed by atoms with Crippen molar-refractivity contribution in [2.24, 2.45) is 5.73 Å². The van der Waals surface area contributed by atoms with E-state index in [9.17, 15) is 4.79 Å². The van der Waals surface area contributed by atoms with Crippen LogP contribution in [-0.2, 0) is 4.79 Å². The highest BCUT2D eigenvalue weighted by Crippen LogP contribution is 1.40. The fourth-order valence-electron chi connectivity index (χ4n) is 0. The molecule has 0 aromatic rings. The standard InChI is InChI=1S/C2H5N2O/c3-1-2(4)5/h3H,1H2,(H2,4,5). The third kappa shape index (κ3) is 3.43. The number of hydrogen-bond acceptors (Lipinski definition) is 1. The normalized spacial score (nSPS) is 7.40. The van der Waals surface area contributed by atoms with Crippen molar-refractivity contribution in [1.29, 1.82) is 0 Å². The molecule has 0 aromatic carbocycles. The Morgan fingerprint density at radius 3 is 2.20 bits per heavy atom. The van der Waals surface area contributed by atoms with Gasteiger partial charge in [-0.25, -0.2) is 5.73 Å². The molecular formula is C2H5N2O. The minimum atomic E-state index is -0.579. The van der Waals surface area contributed by atoms with Gasteiger partial charge in [-0.2, -0.15) is 0 Å². The first-order valence-corrected chi connectivity index (χ1v) is 1.20. The second-order valence-electron chi connectivity index (χ2n) is 0.643. The molecule has 0 heterocycles. The molecule has 0 aromatic heterocycles. The van der Waals surface area contributed by atoms with Crippen molar-refractivity contribution in [1.82, 2.24) is 5.73 Å². The second-order valence-corrected chi connectivity index (χ2v) is 0.643. The van der Waals surface area contributed by atoms with Crippen LogP contribution in [0.1, 0.15) is 0 Å². The maximum atomic E-state index is 9.40. The second kappa shape index (κ2) is 1.72. The Morgan fingerprint density at radius 2 is 2.20 bits per heavy atom. The molecule has 3 nitrogen and oxygen atoms in total. The third-order valence-corrected chi connectivity index (χ3v) is 0.174. The fraction of sp³-hybridized carbons (Fsp3) is 0.500. The maximum Gasteiger partial charge on any atom is 0.232 e. The SMILES string of the molecule is [NH]CC(N)=O. The quantitative estimate of drug-likeness (QED) is 0.414. The van der Waals surface area contributed by atoms with Gasteiger partial charge < -0.3 is 5.73 Å². The summed E-state index contributed by atoms with van der Waals surface area (Å²) >= 11 is 0. The number of hydrogen-bond donors (Lipinski definition) is 1. The van der Waals surface area contributed by atoms with E-state index in [0.717, 1.165) is 0 Å². The Hall–Kier alpha value is -0.570. The number of carbonyl (C=O) groups excluding carboxylic acids is 1. The Morgan fingerprint density at radius 1 is 2.00 bits per heavy atom. The molecule has 0 unspecified atom stereocenters. The van der Waals surface area contributed by atoms with E-state index >= 15 is 0 Å². The van der Waals surface area contributed by atoms with Crippen molar-refractivity contribution in [3.63, 3.8) is 0 Å². The van der Waals surface area contributed by atoms with Gasteiger partial charge in [0.2, 0.25) is 5.91 Å². The molecule has 0 rings (SSSR count). The number of amides is 1. The summed E-state index contributed by atoms with van der Waals surface area (Å²) in [6.07, 6.45) is 0. The van der Waals surface area contributed by atoms with Crippen LogP contribution in [0.15, 0.2) is 0 Å². The molecule has 0 spiro atoms. The highest BCUT2D eigenvalue weighted by molar-refractivity contribution is 5.75. The van der Waals surface area contributed by atoms with Gasteiger partial charge in [-0.1, -0.05) is 0 Å². The highest BCUT2D eigenvalue weighted by Gasteiger charge is 1.78. The van der Waals surface area contributed by atoms with Crippen LogP contribution in [0.3, 0.4) is 0 Å². The summed E-state index contributed by atoms with van der Waals surface area (Å²) in [5.74, 6) is -0.579. The van der Waals surface area contributed by atoms with Gasteiger partial charge in [0, 0.05) is 0 Å². The first kappa shape index (κ1) is 4.43. The van der Waals surface area contributed by atoms with E-state index < -0.39 is 5.91 Å². The molecule has 0 bridgehead atoms. The Balaban J connectivity index is 2.85. The van der Waals surface area contributed by atoms with E-state index in [4.69, 9.17) is 5.73 Å². The van der Waals surface area contributed by atoms with Crippen molar-refractivity contribution in [2.75, 3.05) is 6.54 Å². The number of nitrogens with two attached hydrogens (primary N) is 1. The van der Waals surface area contributed by atoms with E-state index in [0.29, 0.717) is 0 Å². The average molecular weight is 73.1 g/mol. The summed E-state index contributed by atoms with van der Waals surface area (Å²) in [7, 11) is 0. The van der Waals surface area contributed by atoms with Gasteiger partial charge in [-0.05, 0) is 0 Å². The largest absolute Gasteiger partial charge is 0.369 e. The van der Waals surface area contributed by atoms with Crippen LogP contribution in [-0.4, -0.2) is 12.5 Å². The van der Waals surface area contributed by atoms with Crippen molar-refractivity contribution >= 4 is 5.91 Å². The third-order valence-electron chi connectivity index (χ3n) is 0.174. The molecule has 1 radical (unpaired) electrons. The van der Waals surface area contributed by atoms with Crippen LogP contribution in [0.2, 0.25) is 0 Å². The van der Waals surface area contributed by atoms with Gasteiger partial charge >= 0.3 is 0 Å². The van der Waals surface area contributed by atoms with Crippen LogP contribution in [0, 0.1) is 0 Å². The van der Waals surface area contributed by atoms with Crippen LogP contribution in [0.5, 0.6) is 0 Å². The predicted molar refractivity (Wildman–Crippen MR) is 17.2 cm³/mol. The summed E-state index contributed by atoms with van der Waals surface area (Å²) in [6.45, 7) is -0.306. The van der Waals surface area contributed by atoms with Gasteiger partial charge in [0.1, 0.15) is 0 Å². The zero-order valence-electron chi connectivity index (χ0n) is 2.69. The van der Waals surface area contributed by atoms with Crippen LogP contribution < -0.4 is 11.5 Å². The monoisotopic (exact) mass is 73.0 g/mol. The molecular weight excluding hydrogens is 68.0 g/mol. The van der Waals surface area contributed by atoms with Crippen molar-refractivity contribution < 1.29 is 4.79 Å². The summed E-state index contributed by atoms with van der Waals surface area (Å²) in [4.78, 5) is 9.40. The lowest BCUT2D eigenvalue weighted by Crippen LogP contribution is -2.15. The summed E-state index contributed by atoms with van der Waals surface area (Å²) in [5.41, 5.74) is 10.6. The molecule has 0 fully saturated rings. The lowest BCUT2D eigenvalue weighted by Gasteiger charge is -1.73. The van der Waals surface area contributed by atoms with Crippen LogP contribution in [0.25, 0.3) is 0 Å². The molecule has 0 atom stereocenters. The highest BCUT2D eigenvalue weighted by atomic mass is 16.1. The van der Waals surface area contributed by atoms with Crippen LogP contribution in [0.4, 0.5) is 0 Å². The van der Waals surface area contributed by atoms with E-state index in [1.54, 1.807) is 0 Å². The number of rotatable bonds is 1. The molecule has 0 aliphatic heterocycles. The molecule has 5 heavy (non-hydrogen) atoms. The molecule has 0 aliphatic rings. The van der Waals surface area contributed by atoms with Crippen LogP contribution >= 0.6 is 0 Å². The van der Waals surface area contributed by atoms with Gasteiger partial charge in [0.25, 0.3) is 0 Å². The lowest BCUT2D eigenvalue weighted by atomic mass is 10.7. The van der Waals surface area contributed by atoms with Gasteiger partial charge in [-0.3, -0.25) is 4.79 Å². The minimum absolute atomic E-state index is 0.306. The molecule has 0 saturated carbocycles. The molecule has 0 aliphatic carbocycles. The molecule has 29 valence electrons. The molecule has 1 amide bonds. The van der Waals surface area contributed by atoms with Gasteiger partial charge in [0.05, 0.1) is 6.54 Å². The maximum absolute atomic E-state index is 9.40. The zero-order chi connectivity index (χ0) is 4.28. The fourth-order valence-corrected chi connectivity index (χ4v) is 0. The average Bonchev–Trinajstić information content (AvgIpc) is 1.38. The number of nitrogens with one attached hydrogen (secondary N) is 1. The first-order chi connectivity index (χ1) is 2.27. The Labute approximate surface area is 29.9 Å². The topological polar surface area (TPSA) is 66.9 Å². The van der Waals surface area contributed by atoms with Crippen molar-refractivity contribution in [3.8, 4) is 0 Å². The number of carbonyl (C=O) groups is 1. The first-order valence-electron chi connectivity index (χ1n) is 1.20. The van der Waals surface area contributed by atoms with Gasteiger partial charge in [0.15, 0.2) is 0 Å². The minimum Gasteiger partial charge on any atom is -0.369 e. The van der Waals surface area contributed by atoms with Crippen molar-refractivity contribution in [3.05, 3.63) is 0 Å². The molecule has 0 saturated heterocycles. The lowest BCUT2D eigenvalue weighted by molar-refractivity contribution is -0.116. The molecule has 3 heteroatoms. The van der Waals surface area contributed by atoms with E-state index in [1.165, 1.54) is 0 Å². The predicted octanol–water partition coefficient (Wildman–Crippen LogP) is -1.25. The van der Waals surface area contributed by atoms with Gasteiger partial charge in [-0.15, -0.1) is 0 Å². The number of primary amides is 1. The summed E-state index contributed by atoms with van der Waals surface area (Å²) < 4.78 is 0. The summed E-state index contributed by atoms with van der Waals surface area (Å²) in [6, 6.07) is 0. The Bertz CT molecular complexity index is 42.9. The van der Waals surface area contributed by atoms with E-state index in [1.807, 2.05) is 0 Å². The zero-order valence-corrected chi connectivity index (χ0v) is 2.69. The Kier molecular flexibility index (Phi) is 1.53. The van der Waals surface area contributed by atoms with E-state index in [2.05, 4.69) is 5.73 Å². The van der Waals surface area contributed by atoms with E-state index in [-0.39, 0.29) is 6.54 Å². The smallest absolute Gasteiger partial charge is 0.232 e. The van der Waals surface area contributed by atoms with Crippen molar-refractivity contribution in [2.45, 2.75) is 0 Å².